The molecule has 0 bridgehead atoms. The third-order valence-electron chi connectivity index (χ3n) is 15.9. The highest BCUT2D eigenvalue weighted by Crippen LogP contribution is 2.15. The van der Waals surface area contributed by atoms with Gasteiger partial charge in [-0.2, -0.15) is 0 Å². The predicted octanol–water partition coefficient (Wildman–Crippen LogP) is 24.5. The molecule has 0 amide bonds. The van der Waals surface area contributed by atoms with Gasteiger partial charge in [0.25, 0.3) is 0 Å². The summed E-state index contributed by atoms with van der Waals surface area (Å²) in [4.78, 5) is 37.6. The Morgan fingerprint density at radius 1 is 0.297 bits per heavy atom. The zero-order valence-corrected chi connectivity index (χ0v) is 64.4. The second-order valence-electron chi connectivity index (χ2n) is 26.5. The number of carboxylic acids is 1. The molecule has 9 heteroatoms. The molecule has 564 valence electrons. The van der Waals surface area contributed by atoms with Crippen LogP contribution < -0.4 is 5.11 Å². The zero-order valence-electron chi connectivity index (χ0n) is 64.4. The Bertz CT molecular complexity index is 2520. The summed E-state index contributed by atoms with van der Waals surface area (Å²) in [6, 6.07) is 0. The number of carboxylic acid groups (broad SMARTS) is 1. The molecule has 0 aliphatic rings. The molecule has 0 rings (SSSR count). The Balaban J connectivity index is 4.19. The molecule has 0 heterocycles. The normalized spacial score (nSPS) is 14.0. The summed E-state index contributed by atoms with van der Waals surface area (Å²) in [5, 5.41) is 11.9. The van der Waals surface area contributed by atoms with E-state index in [0.29, 0.717) is 17.4 Å². The van der Waals surface area contributed by atoms with Gasteiger partial charge in [0.15, 0.2) is 12.4 Å². The van der Waals surface area contributed by atoms with Crippen LogP contribution >= 0.6 is 0 Å². The van der Waals surface area contributed by atoms with Crippen molar-refractivity contribution in [2.45, 2.75) is 283 Å². The summed E-state index contributed by atoms with van der Waals surface area (Å²) in [5.74, 6) is -2.33. The van der Waals surface area contributed by atoms with Crippen molar-refractivity contribution in [1.29, 1.82) is 0 Å². The van der Waals surface area contributed by atoms with Gasteiger partial charge >= 0.3 is 11.9 Å². The van der Waals surface area contributed by atoms with E-state index in [4.69, 9.17) is 18.9 Å². The number of ether oxygens (including phenoxy) is 4. The van der Waals surface area contributed by atoms with Gasteiger partial charge in [-0.1, -0.05) is 328 Å². The van der Waals surface area contributed by atoms with Crippen LogP contribution in [0.4, 0.5) is 0 Å². The molecule has 0 radical (unpaired) electrons. The molecule has 101 heavy (non-hydrogen) atoms. The Hall–Kier alpha value is -6.65. The number of rotatable bonds is 70. The predicted molar refractivity (Wildman–Crippen MR) is 434 cm³/mol. The lowest BCUT2D eigenvalue weighted by molar-refractivity contribution is -0.870. The number of aliphatic carboxylic acids is 1. The van der Waals surface area contributed by atoms with E-state index in [2.05, 4.69) is 245 Å². The molecule has 0 fully saturated rings. The van der Waals surface area contributed by atoms with E-state index >= 15 is 0 Å². The monoisotopic (exact) mass is 1390 g/mol. The standard InChI is InChI=1S/C92H143NO8/c1-6-8-10-12-14-16-18-20-22-24-26-28-30-32-34-36-38-40-42-44-45-47-48-50-52-54-56-58-60-62-64-66-68-70-72-74-76-78-80-82-89(94)99-86-88(87-100-92(91(96)97)98-85-84-93(3,4)5)101-90(95)83-81-79-77-75-73-71-69-67-65-63-61-59-57-55-53-51-49-46-43-41-39-37-35-33-31-29-27-25-23-21-19-17-15-13-11-9-7-2/h8-11,14-17,20-23,26-29,32-35,38-41,44-46,48-50,53-56,59,61,65,67,88,92H,6-7,12-13,18-19,24-25,30-31,36-37,42-43,47,51-52,57-58,60,62-64,66,68-87H2,1-5H3/b10-8-,11-9-,16-14-,17-15-,22-20-,23-21-,28-26-,29-27-,34-32-,35-33-,40-38-,41-39-,45-44-,49-46-,50-48-,55-53-,56-54-,61-59-,67-65-. The van der Waals surface area contributed by atoms with Crippen molar-refractivity contribution in [3.05, 3.63) is 231 Å². The van der Waals surface area contributed by atoms with E-state index in [1.807, 2.05) is 21.1 Å². The quantitative estimate of drug-likeness (QED) is 0.0195. The van der Waals surface area contributed by atoms with Crippen molar-refractivity contribution in [2.24, 2.45) is 0 Å². The number of likely N-dealkylation sites (N-methyl/N-ethyl adjacent to an activating group) is 1. The first-order chi connectivity index (χ1) is 49.6. The first kappa shape index (κ1) is 94.4. The molecule has 2 atom stereocenters. The van der Waals surface area contributed by atoms with Crippen LogP contribution in [0.1, 0.15) is 271 Å². The largest absolute Gasteiger partial charge is 0.545 e. The van der Waals surface area contributed by atoms with E-state index in [1.54, 1.807) is 0 Å². The summed E-state index contributed by atoms with van der Waals surface area (Å²) in [6.45, 7) is 4.48. The number of esters is 2. The van der Waals surface area contributed by atoms with E-state index in [1.165, 1.54) is 44.9 Å². The third kappa shape index (κ3) is 80.5. The van der Waals surface area contributed by atoms with Crippen molar-refractivity contribution < 1.29 is 42.9 Å². The highest BCUT2D eigenvalue weighted by atomic mass is 16.7. The maximum atomic E-state index is 13.0. The Labute approximate surface area is 619 Å². The van der Waals surface area contributed by atoms with Crippen molar-refractivity contribution in [3.8, 4) is 0 Å². The Kier molecular flexibility index (Phi) is 73.9. The van der Waals surface area contributed by atoms with Gasteiger partial charge in [0.05, 0.1) is 40.3 Å². The van der Waals surface area contributed by atoms with Gasteiger partial charge in [-0.05, 0) is 161 Å². The highest BCUT2D eigenvalue weighted by Gasteiger charge is 2.22. The van der Waals surface area contributed by atoms with Gasteiger partial charge in [0.1, 0.15) is 13.2 Å². The van der Waals surface area contributed by atoms with Crippen molar-refractivity contribution in [1.82, 2.24) is 0 Å². The zero-order chi connectivity index (χ0) is 73.2. The highest BCUT2D eigenvalue weighted by molar-refractivity contribution is 5.70. The summed E-state index contributed by atoms with van der Waals surface area (Å²) in [5.41, 5.74) is 0. The molecule has 0 N–H and O–H groups in total. The molecule has 0 saturated carbocycles. The molecule has 0 aliphatic heterocycles. The lowest BCUT2D eigenvalue weighted by Crippen LogP contribution is -2.44. The maximum absolute atomic E-state index is 13.0. The van der Waals surface area contributed by atoms with Crippen LogP contribution in [0.15, 0.2) is 231 Å². The second-order valence-corrected chi connectivity index (χ2v) is 26.5. The molecular weight excluding hydrogens is 1250 g/mol. The lowest BCUT2D eigenvalue weighted by atomic mass is 10.0. The molecule has 0 saturated heterocycles. The average Bonchev–Trinajstić information content (AvgIpc) is 1.25. The van der Waals surface area contributed by atoms with Gasteiger partial charge in [-0.25, -0.2) is 0 Å². The fraction of sp³-hybridized carbons (Fsp3) is 0.554. The minimum atomic E-state index is -1.64. The van der Waals surface area contributed by atoms with Crippen LogP contribution in [0.25, 0.3) is 0 Å². The third-order valence-corrected chi connectivity index (χ3v) is 15.9. The van der Waals surface area contributed by atoms with Gasteiger partial charge in [-0.3, -0.25) is 9.59 Å². The smallest absolute Gasteiger partial charge is 0.306 e. The number of carbonyl (C=O) groups is 3. The topological polar surface area (TPSA) is 111 Å². The van der Waals surface area contributed by atoms with Crippen LogP contribution in [-0.2, 0) is 33.3 Å². The average molecular weight is 1390 g/mol. The minimum Gasteiger partial charge on any atom is -0.545 e. The molecule has 0 spiro atoms. The summed E-state index contributed by atoms with van der Waals surface area (Å²) in [7, 11) is 5.91. The molecule has 2 unspecified atom stereocenters. The number of allylic oxidation sites excluding steroid dienone is 38. The first-order valence-electron chi connectivity index (χ1n) is 39.5. The molecule has 0 aromatic carbocycles. The molecular formula is C92H143NO8. The Morgan fingerprint density at radius 3 is 0.792 bits per heavy atom. The number of carbonyl (C=O) groups excluding carboxylic acids is 3. The number of quaternary nitrogens is 1. The van der Waals surface area contributed by atoms with Crippen molar-refractivity contribution >= 4 is 17.9 Å². The SMILES string of the molecule is CC/C=C\C/C=C\C/C=C\C/C=C\C/C=C\C/C=C\C/C=C\C/C=C\C/C=C\C/C=C\CCCCCCCCC(=O)OC(COC(=O)CCCCCCCCCCCCC/C=C\C/C=C\C/C=C\C/C=C\C/C=C\C/C=C\C/C=C\C/C=C\C/C=C\CC)COC(OCC[N+](C)(C)C)C(=O)[O-]. The lowest BCUT2D eigenvalue weighted by Gasteiger charge is -2.26. The van der Waals surface area contributed by atoms with Crippen LogP contribution in [0.5, 0.6) is 0 Å². The van der Waals surface area contributed by atoms with Crippen LogP contribution in [0.3, 0.4) is 0 Å². The second kappa shape index (κ2) is 79.1. The summed E-state index contributed by atoms with van der Waals surface area (Å²) >= 11 is 0. The number of nitrogens with zero attached hydrogens (tertiary/aromatic N) is 1. The van der Waals surface area contributed by atoms with E-state index < -0.39 is 24.3 Å². The fourth-order valence-corrected chi connectivity index (χ4v) is 9.97. The van der Waals surface area contributed by atoms with Crippen molar-refractivity contribution in [2.75, 3.05) is 47.5 Å². The van der Waals surface area contributed by atoms with Crippen LogP contribution in [0, 0.1) is 0 Å². The van der Waals surface area contributed by atoms with Crippen molar-refractivity contribution in [3.63, 3.8) is 0 Å². The number of hydrogen-bond donors (Lipinski definition) is 0. The molecule has 9 nitrogen and oxygen atoms in total. The molecule has 0 aromatic heterocycles. The van der Waals surface area contributed by atoms with Gasteiger partial charge in [-0.15, -0.1) is 0 Å². The van der Waals surface area contributed by atoms with E-state index in [-0.39, 0.29) is 38.6 Å². The van der Waals surface area contributed by atoms with Gasteiger partial charge in [0, 0.05) is 12.8 Å². The molecule has 0 aromatic rings. The maximum Gasteiger partial charge on any atom is 0.306 e. The molecule has 0 aliphatic carbocycles. The summed E-state index contributed by atoms with van der Waals surface area (Å²) < 4.78 is 22.8. The summed E-state index contributed by atoms with van der Waals surface area (Å²) in [6.07, 6.45) is 123. The van der Waals surface area contributed by atoms with Gasteiger partial charge < -0.3 is 33.3 Å². The van der Waals surface area contributed by atoms with Crippen LogP contribution in [0.2, 0.25) is 0 Å². The number of hydrogen-bond acceptors (Lipinski definition) is 8. The van der Waals surface area contributed by atoms with Crippen LogP contribution in [-0.4, -0.2) is 82.3 Å². The van der Waals surface area contributed by atoms with Gasteiger partial charge in [0.2, 0.25) is 0 Å². The first-order valence-corrected chi connectivity index (χ1v) is 39.5. The van der Waals surface area contributed by atoms with E-state index in [9.17, 15) is 19.5 Å². The fourth-order valence-electron chi connectivity index (χ4n) is 9.97. The Morgan fingerprint density at radius 2 is 0.535 bits per heavy atom. The number of unbranched alkanes of at least 4 members (excludes halogenated alkanes) is 17. The van der Waals surface area contributed by atoms with E-state index in [0.717, 1.165) is 193 Å². The minimum absolute atomic E-state index is 0.132.